The van der Waals surface area contributed by atoms with Crippen molar-refractivity contribution in [1.82, 2.24) is 4.90 Å². The third-order valence-electron chi connectivity index (χ3n) is 6.88. The highest BCUT2D eigenvalue weighted by Gasteiger charge is 2.23. The molecule has 1 fully saturated rings. The van der Waals surface area contributed by atoms with Crippen LogP contribution in [-0.2, 0) is 0 Å². The zero-order chi connectivity index (χ0) is 23.7. The third-order valence-corrected chi connectivity index (χ3v) is 6.88. The van der Waals surface area contributed by atoms with Crippen LogP contribution in [0.25, 0.3) is 5.57 Å². The van der Waals surface area contributed by atoms with E-state index in [1.54, 1.807) is 0 Å². The van der Waals surface area contributed by atoms with Crippen molar-refractivity contribution in [1.29, 1.82) is 0 Å². The van der Waals surface area contributed by atoms with E-state index >= 15 is 0 Å². The van der Waals surface area contributed by atoms with Crippen molar-refractivity contribution in [3.63, 3.8) is 0 Å². The van der Waals surface area contributed by atoms with Gasteiger partial charge in [0.05, 0.1) is 0 Å². The molecule has 2 unspecified atom stereocenters. The Labute approximate surface area is 198 Å². The Morgan fingerprint density at radius 1 is 1.12 bits per heavy atom. The fourth-order valence-corrected chi connectivity index (χ4v) is 4.97. The van der Waals surface area contributed by atoms with Crippen molar-refractivity contribution in [3.8, 4) is 0 Å². The SMILES string of the molecule is C=C(/C=C\C(=C/C)c1ccccc1C(CC)/C(C=C(C)C)=C(/C)CC)N1CCCC1CC. The summed E-state index contributed by atoms with van der Waals surface area (Å²) in [5.74, 6) is 0.399. The molecule has 0 spiro atoms. The van der Waals surface area contributed by atoms with E-state index in [0.717, 1.165) is 25.1 Å². The molecule has 174 valence electrons. The molecule has 2 atom stereocenters. The molecule has 32 heavy (non-hydrogen) atoms. The summed E-state index contributed by atoms with van der Waals surface area (Å²) in [6.07, 6.45) is 15.1. The van der Waals surface area contributed by atoms with Crippen LogP contribution >= 0.6 is 0 Å². The van der Waals surface area contributed by atoms with Crippen LogP contribution < -0.4 is 0 Å². The van der Waals surface area contributed by atoms with E-state index in [1.165, 1.54) is 52.7 Å². The molecule has 0 radical (unpaired) electrons. The average molecular weight is 432 g/mol. The Hall–Kier alpha value is -2.28. The van der Waals surface area contributed by atoms with Crippen LogP contribution in [0.1, 0.15) is 97.6 Å². The van der Waals surface area contributed by atoms with Gasteiger partial charge in [0.15, 0.2) is 0 Å². The van der Waals surface area contributed by atoms with Crippen molar-refractivity contribution in [2.75, 3.05) is 6.54 Å². The normalized spacial score (nSPS) is 18.7. The smallest absolute Gasteiger partial charge is 0.0295 e. The largest absolute Gasteiger partial charge is 0.369 e. The molecule has 0 saturated carbocycles. The van der Waals surface area contributed by atoms with Crippen LogP contribution in [0.2, 0.25) is 0 Å². The van der Waals surface area contributed by atoms with Crippen molar-refractivity contribution >= 4 is 5.57 Å². The molecule has 1 aliphatic heterocycles. The third kappa shape index (κ3) is 6.37. The van der Waals surface area contributed by atoms with Crippen molar-refractivity contribution in [3.05, 3.63) is 88.7 Å². The van der Waals surface area contributed by atoms with Crippen LogP contribution in [0, 0.1) is 0 Å². The van der Waals surface area contributed by atoms with Crippen LogP contribution in [0.4, 0.5) is 0 Å². The Morgan fingerprint density at radius 2 is 1.84 bits per heavy atom. The molecular weight excluding hydrogens is 386 g/mol. The maximum atomic E-state index is 4.40. The number of rotatable bonds is 10. The number of hydrogen-bond acceptors (Lipinski definition) is 1. The summed E-state index contributed by atoms with van der Waals surface area (Å²) in [7, 11) is 0. The molecule has 0 N–H and O–H groups in total. The van der Waals surface area contributed by atoms with Gasteiger partial charge in [0.1, 0.15) is 0 Å². The van der Waals surface area contributed by atoms with Gasteiger partial charge in [-0.15, -0.1) is 0 Å². The number of allylic oxidation sites excluding steroid dienone is 8. The Bertz CT molecular complexity index is 889. The van der Waals surface area contributed by atoms with Gasteiger partial charge in [-0.2, -0.15) is 0 Å². The predicted octanol–water partition coefficient (Wildman–Crippen LogP) is 9.22. The lowest BCUT2D eigenvalue weighted by atomic mass is 9.81. The average Bonchev–Trinajstić information content (AvgIpc) is 3.28. The highest BCUT2D eigenvalue weighted by molar-refractivity contribution is 5.77. The summed E-state index contributed by atoms with van der Waals surface area (Å²) in [6, 6.07) is 9.61. The first-order chi connectivity index (χ1) is 15.4. The molecule has 0 aliphatic carbocycles. The van der Waals surface area contributed by atoms with Gasteiger partial charge in [-0.25, -0.2) is 0 Å². The Balaban J connectivity index is 2.44. The molecule has 1 saturated heterocycles. The second kappa shape index (κ2) is 12.7. The summed E-state index contributed by atoms with van der Waals surface area (Å²) in [5, 5.41) is 0. The number of benzene rings is 1. The van der Waals surface area contributed by atoms with Gasteiger partial charge >= 0.3 is 0 Å². The summed E-state index contributed by atoms with van der Waals surface area (Å²) in [4.78, 5) is 2.49. The van der Waals surface area contributed by atoms with Gasteiger partial charge in [-0.05, 0) is 88.1 Å². The highest BCUT2D eigenvalue weighted by Crippen LogP contribution is 2.37. The predicted molar refractivity (Wildman–Crippen MR) is 144 cm³/mol. The first-order valence-corrected chi connectivity index (χ1v) is 12.6. The Kier molecular flexibility index (Phi) is 10.3. The van der Waals surface area contributed by atoms with E-state index in [0.29, 0.717) is 12.0 Å². The van der Waals surface area contributed by atoms with Crippen LogP contribution in [0.3, 0.4) is 0 Å². The second-order valence-corrected chi connectivity index (χ2v) is 9.33. The summed E-state index contributed by atoms with van der Waals surface area (Å²) in [6.45, 7) is 21.2. The molecule has 1 nitrogen and oxygen atoms in total. The number of hydrogen-bond donors (Lipinski definition) is 0. The van der Waals surface area contributed by atoms with Crippen LogP contribution in [0.5, 0.6) is 0 Å². The topological polar surface area (TPSA) is 3.24 Å². The van der Waals surface area contributed by atoms with Crippen LogP contribution in [-0.4, -0.2) is 17.5 Å². The molecular formula is C31H45N. The zero-order valence-electron chi connectivity index (χ0n) is 21.7. The minimum atomic E-state index is 0.399. The minimum Gasteiger partial charge on any atom is -0.369 e. The standard InChI is InChI=1S/C31H45N/c1-9-24(7)31(22-23(5)6)28(12-4)30-18-14-13-17-29(30)26(10-2)20-19-25(8)32-21-15-16-27(32)11-3/h10,13-14,17-20,22,27-28H,8-9,11-12,15-16,21H2,1-7H3/b20-19-,26-10+,31-24-. The molecule has 1 heterocycles. The molecule has 2 rings (SSSR count). The maximum absolute atomic E-state index is 4.40. The van der Waals surface area contributed by atoms with Crippen molar-refractivity contribution in [2.45, 2.75) is 92.5 Å². The van der Waals surface area contributed by atoms with Crippen molar-refractivity contribution < 1.29 is 0 Å². The first-order valence-electron chi connectivity index (χ1n) is 12.6. The van der Waals surface area contributed by atoms with E-state index < -0.39 is 0 Å². The van der Waals surface area contributed by atoms with Crippen LogP contribution in [0.15, 0.2) is 77.6 Å². The lowest BCUT2D eigenvalue weighted by Crippen LogP contribution is -2.26. The van der Waals surface area contributed by atoms with Gasteiger partial charge in [0.25, 0.3) is 0 Å². The van der Waals surface area contributed by atoms with Gasteiger partial charge in [-0.1, -0.05) is 81.0 Å². The van der Waals surface area contributed by atoms with E-state index in [4.69, 9.17) is 0 Å². The lowest BCUT2D eigenvalue weighted by Gasteiger charge is -2.26. The molecule has 0 amide bonds. The summed E-state index contributed by atoms with van der Waals surface area (Å²) < 4.78 is 0. The van der Waals surface area contributed by atoms with E-state index in [1.807, 2.05) is 0 Å². The minimum absolute atomic E-state index is 0.399. The van der Waals surface area contributed by atoms with E-state index in [-0.39, 0.29) is 0 Å². The maximum Gasteiger partial charge on any atom is 0.0295 e. The zero-order valence-corrected chi connectivity index (χ0v) is 21.7. The molecule has 1 heteroatoms. The number of nitrogens with zero attached hydrogens (tertiary/aromatic N) is 1. The lowest BCUT2D eigenvalue weighted by molar-refractivity contribution is 0.323. The first kappa shape index (κ1) is 26.0. The molecule has 1 aromatic carbocycles. The number of likely N-dealkylation sites (tertiary alicyclic amines) is 1. The fraction of sp³-hybridized carbons (Fsp3) is 0.484. The quantitative estimate of drug-likeness (QED) is 0.334. The van der Waals surface area contributed by atoms with Gasteiger partial charge in [0, 0.05) is 24.2 Å². The van der Waals surface area contributed by atoms with Gasteiger partial charge in [0.2, 0.25) is 0 Å². The van der Waals surface area contributed by atoms with E-state index in [9.17, 15) is 0 Å². The summed E-state index contributed by atoms with van der Waals surface area (Å²) >= 11 is 0. The summed E-state index contributed by atoms with van der Waals surface area (Å²) in [5.41, 5.74) is 9.51. The van der Waals surface area contributed by atoms with Gasteiger partial charge < -0.3 is 4.90 Å². The molecule has 0 bridgehead atoms. The van der Waals surface area contributed by atoms with Crippen molar-refractivity contribution in [2.24, 2.45) is 0 Å². The second-order valence-electron chi connectivity index (χ2n) is 9.33. The van der Waals surface area contributed by atoms with Gasteiger partial charge in [-0.3, -0.25) is 0 Å². The van der Waals surface area contributed by atoms with E-state index in [2.05, 4.69) is 109 Å². The molecule has 0 aromatic heterocycles. The Morgan fingerprint density at radius 3 is 2.44 bits per heavy atom. The molecule has 1 aromatic rings. The fourth-order valence-electron chi connectivity index (χ4n) is 4.97. The monoisotopic (exact) mass is 431 g/mol. The highest BCUT2D eigenvalue weighted by atomic mass is 15.2. The molecule has 1 aliphatic rings.